The second-order valence-electron chi connectivity index (χ2n) is 3.78. The van der Waals surface area contributed by atoms with Crippen molar-refractivity contribution in [2.24, 2.45) is 5.73 Å². The molecule has 84 valence electrons. The van der Waals surface area contributed by atoms with E-state index in [1.165, 1.54) is 0 Å². The summed E-state index contributed by atoms with van der Waals surface area (Å²) in [5.41, 5.74) is 5.43. The summed E-state index contributed by atoms with van der Waals surface area (Å²) < 4.78 is 5.29. The van der Waals surface area contributed by atoms with Crippen LogP contribution in [-0.4, -0.2) is 18.1 Å². The highest BCUT2D eigenvalue weighted by Crippen LogP contribution is 2.11. The molecule has 0 aliphatic carbocycles. The molecular weight excluding hydrogens is 178 g/mol. The van der Waals surface area contributed by atoms with E-state index >= 15 is 0 Å². The highest BCUT2D eigenvalue weighted by atomic mass is 16.5. The van der Waals surface area contributed by atoms with E-state index in [0.29, 0.717) is 0 Å². The molecule has 14 heavy (non-hydrogen) atoms. The molecule has 0 aromatic carbocycles. The first-order valence-corrected chi connectivity index (χ1v) is 5.57. The standard InChI is InChI=1S/C11H23NO2/c1-4-6-8-10(7-5-2)14-11(13)9(3)12/h9-10H,4-8,12H2,1-3H3/t9-,10?/m0/s1. The van der Waals surface area contributed by atoms with Gasteiger partial charge in [0.25, 0.3) is 0 Å². The number of carbonyl (C=O) groups is 1. The number of nitrogens with two attached hydrogens (primary N) is 1. The van der Waals surface area contributed by atoms with Gasteiger partial charge in [0.2, 0.25) is 0 Å². The van der Waals surface area contributed by atoms with Gasteiger partial charge in [-0.15, -0.1) is 0 Å². The Morgan fingerprint density at radius 1 is 1.29 bits per heavy atom. The summed E-state index contributed by atoms with van der Waals surface area (Å²) in [5, 5.41) is 0. The van der Waals surface area contributed by atoms with Gasteiger partial charge in [-0.25, -0.2) is 0 Å². The van der Waals surface area contributed by atoms with Crippen LogP contribution in [-0.2, 0) is 9.53 Å². The molecule has 2 N–H and O–H groups in total. The van der Waals surface area contributed by atoms with Crippen LogP contribution in [0.2, 0.25) is 0 Å². The minimum atomic E-state index is -0.504. The molecule has 2 atom stereocenters. The van der Waals surface area contributed by atoms with Crippen LogP contribution in [0.15, 0.2) is 0 Å². The number of carbonyl (C=O) groups excluding carboxylic acids is 1. The maximum absolute atomic E-state index is 11.2. The van der Waals surface area contributed by atoms with Gasteiger partial charge in [-0.3, -0.25) is 4.79 Å². The second-order valence-corrected chi connectivity index (χ2v) is 3.78. The normalized spacial score (nSPS) is 14.9. The SMILES string of the molecule is CCCCC(CCC)OC(=O)[C@H](C)N. The zero-order valence-corrected chi connectivity index (χ0v) is 9.58. The molecule has 0 bridgehead atoms. The summed E-state index contributed by atoms with van der Waals surface area (Å²) in [5.74, 6) is -0.278. The molecule has 1 unspecified atom stereocenters. The molecule has 0 radical (unpaired) electrons. The van der Waals surface area contributed by atoms with E-state index in [9.17, 15) is 4.79 Å². The van der Waals surface area contributed by atoms with Crippen molar-refractivity contribution in [2.75, 3.05) is 0 Å². The monoisotopic (exact) mass is 201 g/mol. The van der Waals surface area contributed by atoms with Crippen LogP contribution in [0.25, 0.3) is 0 Å². The van der Waals surface area contributed by atoms with Crippen LogP contribution >= 0.6 is 0 Å². The Kier molecular flexibility index (Phi) is 7.48. The lowest BCUT2D eigenvalue weighted by Crippen LogP contribution is -2.32. The molecule has 0 aliphatic heterocycles. The van der Waals surface area contributed by atoms with Crippen molar-refractivity contribution >= 4 is 5.97 Å². The summed E-state index contributed by atoms with van der Waals surface area (Å²) in [7, 11) is 0. The highest BCUT2D eigenvalue weighted by Gasteiger charge is 2.15. The molecule has 0 aromatic heterocycles. The Labute approximate surface area is 87.0 Å². The molecule has 0 rings (SSSR count). The number of unbranched alkanes of at least 4 members (excludes halogenated alkanes) is 1. The summed E-state index contributed by atoms with van der Waals surface area (Å²) in [4.78, 5) is 11.2. The van der Waals surface area contributed by atoms with Crippen molar-refractivity contribution in [3.8, 4) is 0 Å². The third-order valence-electron chi connectivity index (χ3n) is 2.14. The third kappa shape index (κ3) is 5.97. The maximum Gasteiger partial charge on any atom is 0.322 e. The Balaban J connectivity index is 3.88. The second kappa shape index (κ2) is 7.80. The highest BCUT2D eigenvalue weighted by molar-refractivity contribution is 5.75. The lowest BCUT2D eigenvalue weighted by atomic mass is 10.1. The van der Waals surface area contributed by atoms with Gasteiger partial charge in [0.1, 0.15) is 12.1 Å². The van der Waals surface area contributed by atoms with Crippen molar-refractivity contribution in [1.29, 1.82) is 0 Å². The average Bonchev–Trinajstić information content (AvgIpc) is 2.14. The summed E-state index contributed by atoms with van der Waals surface area (Å²) in [6.07, 6.45) is 5.26. The molecule has 0 saturated carbocycles. The molecule has 0 fully saturated rings. The fourth-order valence-corrected chi connectivity index (χ4v) is 1.29. The molecular formula is C11H23NO2. The Hall–Kier alpha value is -0.570. The maximum atomic E-state index is 11.2. The van der Waals surface area contributed by atoms with E-state index < -0.39 is 6.04 Å². The molecule has 0 amide bonds. The summed E-state index contributed by atoms with van der Waals surface area (Å²) >= 11 is 0. The summed E-state index contributed by atoms with van der Waals surface area (Å²) in [6.45, 7) is 5.89. The number of hydrogen-bond acceptors (Lipinski definition) is 3. The van der Waals surface area contributed by atoms with E-state index in [2.05, 4.69) is 13.8 Å². The van der Waals surface area contributed by atoms with Gasteiger partial charge in [0, 0.05) is 0 Å². The van der Waals surface area contributed by atoms with Crippen molar-refractivity contribution in [2.45, 2.75) is 65.0 Å². The van der Waals surface area contributed by atoms with Crippen LogP contribution < -0.4 is 5.73 Å². The van der Waals surface area contributed by atoms with Gasteiger partial charge < -0.3 is 10.5 Å². The quantitative estimate of drug-likeness (QED) is 0.643. The lowest BCUT2D eigenvalue weighted by molar-refractivity contribution is -0.150. The number of hydrogen-bond donors (Lipinski definition) is 1. The van der Waals surface area contributed by atoms with E-state index in [4.69, 9.17) is 10.5 Å². The molecule has 3 nitrogen and oxygen atoms in total. The average molecular weight is 201 g/mol. The zero-order valence-electron chi connectivity index (χ0n) is 9.58. The van der Waals surface area contributed by atoms with E-state index in [0.717, 1.165) is 32.1 Å². The fraction of sp³-hybridized carbons (Fsp3) is 0.909. The molecule has 0 spiro atoms. The first-order valence-electron chi connectivity index (χ1n) is 5.57. The van der Waals surface area contributed by atoms with Crippen molar-refractivity contribution in [1.82, 2.24) is 0 Å². The van der Waals surface area contributed by atoms with Crippen molar-refractivity contribution in [3.63, 3.8) is 0 Å². The number of esters is 1. The van der Waals surface area contributed by atoms with Crippen LogP contribution in [0.1, 0.15) is 52.9 Å². The van der Waals surface area contributed by atoms with Gasteiger partial charge in [-0.2, -0.15) is 0 Å². The summed E-state index contributed by atoms with van der Waals surface area (Å²) in [6, 6.07) is -0.504. The van der Waals surface area contributed by atoms with Crippen LogP contribution in [0, 0.1) is 0 Å². The zero-order chi connectivity index (χ0) is 11.0. The molecule has 0 aliphatic rings. The fourth-order valence-electron chi connectivity index (χ4n) is 1.29. The largest absolute Gasteiger partial charge is 0.461 e. The molecule has 0 heterocycles. The molecule has 0 aromatic rings. The van der Waals surface area contributed by atoms with Crippen LogP contribution in [0.3, 0.4) is 0 Å². The lowest BCUT2D eigenvalue weighted by Gasteiger charge is -2.18. The smallest absolute Gasteiger partial charge is 0.322 e. The first kappa shape index (κ1) is 13.4. The van der Waals surface area contributed by atoms with Gasteiger partial charge in [-0.1, -0.05) is 33.1 Å². The van der Waals surface area contributed by atoms with Gasteiger partial charge in [0.05, 0.1) is 0 Å². The topological polar surface area (TPSA) is 52.3 Å². The number of ether oxygens (including phenoxy) is 1. The van der Waals surface area contributed by atoms with E-state index in [1.54, 1.807) is 6.92 Å². The first-order chi connectivity index (χ1) is 6.61. The number of rotatable bonds is 7. The Bertz CT molecular complexity index is 157. The third-order valence-corrected chi connectivity index (χ3v) is 2.14. The predicted molar refractivity (Wildman–Crippen MR) is 58.0 cm³/mol. The van der Waals surface area contributed by atoms with Gasteiger partial charge in [0.15, 0.2) is 0 Å². The minimum absolute atomic E-state index is 0.0680. The van der Waals surface area contributed by atoms with Gasteiger partial charge in [-0.05, 0) is 19.8 Å². The van der Waals surface area contributed by atoms with Crippen molar-refractivity contribution in [3.05, 3.63) is 0 Å². The Morgan fingerprint density at radius 2 is 1.93 bits per heavy atom. The van der Waals surface area contributed by atoms with E-state index in [1.807, 2.05) is 0 Å². The Morgan fingerprint density at radius 3 is 2.36 bits per heavy atom. The van der Waals surface area contributed by atoms with Crippen LogP contribution in [0.5, 0.6) is 0 Å². The van der Waals surface area contributed by atoms with Gasteiger partial charge >= 0.3 is 5.97 Å². The predicted octanol–water partition coefficient (Wildman–Crippen LogP) is 2.24. The van der Waals surface area contributed by atoms with Crippen LogP contribution in [0.4, 0.5) is 0 Å². The minimum Gasteiger partial charge on any atom is -0.461 e. The van der Waals surface area contributed by atoms with Crippen molar-refractivity contribution < 1.29 is 9.53 Å². The molecule has 0 saturated heterocycles. The van der Waals surface area contributed by atoms with E-state index in [-0.39, 0.29) is 12.1 Å². The molecule has 3 heteroatoms.